The molecule has 0 bridgehead atoms. The smallest absolute Gasteiger partial charge is 0.247 e. The molecule has 0 spiro atoms. The van der Waals surface area contributed by atoms with Crippen LogP contribution < -0.4 is 0 Å². The minimum atomic E-state index is -0.356. The highest BCUT2D eigenvalue weighted by atomic mass is 35.5. The summed E-state index contributed by atoms with van der Waals surface area (Å²) in [6.45, 7) is 3.34. The summed E-state index contributed by atoms with van der Waals surface area (Å²) >= 11 is 5.93. The molecule has 0 saturated carbocycles. The number of halogens is 1. The van der Waals surface area contributed by atoms with Crippen LogP contribution in [-0.4, -0.2) is 38.7 Å². The Balaban J connectivity index is 1.52. The fraction of sp³-hybridized carbons (Fsp3) is 0.350. The van der Waals surface area contributed by atoms with Gasteiger partial charge in [-0.05, 0) is 31.2 Å². The van der Waals surface area contributed by atoms with Crippen molar-refractivity contribution in [2.75, 3.05) is 13.1 Å². The van der Waals surface area contributed by atoms with Gasteiger partial charge in [-0.1, -0.05) is 35.9 Å². The van der Waals surface area contributed by atoms with Crippen molar-refractivity contribution >= 4 is 28.3 Å². The van der Waals surface area contributed by atoms with Gasteiger partial charge in [0.1, 0.15) is 6.04 Å². The van der Waals surface area contributed by atoms with E-state index in [1.807, 2.05) is 30.2 Å². The van der Waals surface area contributed by atoms with Crippen molar-refractivity contribution in [3.05, 3.63) is 59.6 Å². The first-order valence-corrected chi connectivity index (χ1v) is 9.33. The number of pyridine rings is 1. The number of carbonyl (C=O) groups excluding carboxylic acids is 1. The van der Waals surface area contributed by atoms with Crippen LogP contribution in [0.15, 0.2) is 48.9 Å². The van der Waals surface area contributed by atoms with Crippen molar-refractivity contribution in [1.29, 1.82) is 0 Å². The number of likely N-dealkylation sites (tertiary alicyclic amines) is 1. The summed E-state index contributed by atoms with van der Waals surface area (Å²) in [4.78, 5) is 19.5. The Morgan fingerprint density at radius 3 is 2.85 bits per heavy atom. The third kappa shape index (κ3) is 3.31. The molecule has 5 nitrogen and oxygen atoms in total. The largest absolute Gasteiger partial charge is 0.340 e. The van der Waals surface area contributed by atoms with E-state index in [0.29, 0.717) is 11.6 Å². The number of hydrogen-bond donors (Lipinski definition) is 0. The summed E-state index contributed by atoms with van der Waals surface area (Å²) in [6.07, 6.45) is 7.22. The van der Waals surface area contributed by atoms with Gasteiger partial charge in [0.2, 0.25) is 5.91 Å². The molecule has 2 atom stereocenters. The fourth-order valence-corrected chi connectivity index (χ4v) is 3.79. The Hall–Kier alpha value is -2.40. The second-order valence-electron chi connectivity index (χ2n) is 6.89. The number of fused-ring (bicyclic) bond motifs is 1. The van der Waals surface area contributed by atoms with Crippen LogP contribution in [0.25, 0.3) is 10.8 Å². The molecule has 6 heteroatoms. The third-order valence-electron chi connectivity index (χ3n) is 5.13. The van der Waals surface area contributed by atoms with Gasteiger partial charge in [-0.25, -0.2) is 0 Å². The monoisotopic (exact) mass is 368 g/mol. The molecule has 1 amide bonds. The van der Waals surface area contributed by atoms with Crippen LogP contribution in [0.3, 0.4) is 0 Å². The zero-order valence-corrected chi connectivity index (χ0v) is 15.4. The van der Waals surface area contributed by atoms with Gasteiger partial charge >= 0.3 is 0 Å². The van der Waals surface area contributed by atoms with Crippen molar-refractivity contribution in [3.63, 3.8) is 0 Å². The molecule has 1 aromatic carbocycles. The molecular weight excluding hydrogens is 348 g/mol. The maximum absolute atomic E-state index is 12.9. The molecule has 26 heavy (non-hydrogen) atoms. The SMILES string of the molecule is C[C@@H](C(=O)N1CCC[C@@H](c2cc3ccccc3cn2)C1)n1cc(Cl)cn1. The standard InChI is InChI=1S/C20H21ClN4O/c1-14(25-13-18(21)11-23-25)20(26)24-8-4-7-17(12-24)19-9-15-5-2-3-6-16(15)10-22-19/h2-3,5-6,9-11,13-14,17H,4,7-8,12H2,1H3/t14-,17+/m0/s1. The number of benzene rings is 1. The van der Waals surface area contributed by atoms with E-state index >= 15 is 0 Å². The second-order valence-corrected chi connectivity index (χ2v) is 7.33. The molecule has 1 aliphatic rings. The van der Waals surface area contributed by atoms with Crippen LogP contribution in [0, 0.1) is 0 Å². The molecular formula is C20H21ClN4O. The van der Waals surface area contributed by atoms with Gasteiger partial charge in [-0.3, -0.25) is 14.5 Å². The molecule has 2 aromatic heterocycles. The van der Waals surface area contributed by atoms with E-state index in [1.54, 1.807) is 17.1 Å². The summed E-state index contributed by atoms with van der Waals surface area (Å²) in [6, 6.07) is 10.0. The normalized spacial score (nSPS) is 18.8. The first kappa shape index (κ1) is 17.0. The number of carbonyl (C=O) groups is 1. The Morgan fingerprint density at radius 1 is 1.27 bits per heavy atom. The maximum Gasteiger partial charge on any atom is 0.247 e. The molecule has 1 saturated heterocycles. The highest BCUT2D eigenvalue weighted by Crippen LogP contribution is 2.28. The minimum Gasteiger partial charge on any atom is -0.340 e. The van der Waals surface area contributed by atoms with Gasteiger partial charge in [0.05, 0.1) is 11.2 Å². The Bertz CT molecular complexity index is 938. The zero-order chi connectivity index (χ0) is 18.1. The molecule has 134 valence electrons. The first-order valence-electron chi connectivity index (χ1n) is 8.95. The van der Waals surface area contributed by atoms with Crippen molar-refractivity contribution in [2.45, 2.75) is 31.7 Å². The van der Waals surface area contributed by atoms with Gasteiger partial charge in [-0.15, -0.1) is 0 Å². The number of hydrogen-bond acceptors (Lipinski definition) is 3. The fourth-order valence-electron chi connectivity index (χ4n) is 3.65. The van der Waals surface area contributed by atoms with E-state index in [2.05, 4.69) is 28.3 Å². The van der Waals surface area contributed by atoms with Crippen LogP contribution in [0.5, 0.6) is 0 Å². The highest BCUT2D eigenvalue weighted by Gasteiger charge is 2.29. The topological polar surface area (TPSA) is 51.0 Å². The Labute approximate surface area is 157 Å². The lowest BCUT2D eigenvalue weighted by Gasteiger charge is -2.34. The molecule has 4 rings (SSSR count). The predicted octanol–water partition coefficient (Wildman–Crippen LogP) is 4.05. The molecule has 3 aromatic rings. The molecule has 0 aliphatic carbocycles. The molecule has 0 N–H and O–H groups in total. The number of piperidine rings is 1. The van der Waals surface area contributed by atoms with Crippen molar-refractivity contribution < 1.29 is 4.79 Å². The van der Waals surface area contributed by atoms with E-state index in [4.69, 9.17) is 11.6 Å². The van der Waals surface area contributed by atoms with Gasteiger partial charge in [0.15, 0.2) is 0 Å². The summed E-state index contributed by atoms with van der Waals surface area (Å²) in [5, 5.41) is 7.05. The van der Waals surface area contributed by atoms with Crippen LogP contribution >= 0.6 is 11.6 Å². The lowest BCUT2D eigenvalue weighted by atomic mass is 9.93. The summed E-state index contributed by atoms with van der Waals surface area (Å²) < 4.78 is 1.63. The van der Waals surface area contributed by atoms with E-state index in [1.165, 1.54) is 5.39 Å². The average molecular weight is 369 g/mol. The maximum atomic E-state index is 12.9. The van der Waals surface area contributed by atoms with Crippen LogP contribution in [-0.2, 0) is 4.79 Å². The second kappa shape index (κ2) is 7.08. The quantitative estimate of drug-likeness (QED) is 0.700. The van der Waals surface area contributed by atoms with Gasteiger partial charge in [0, 0.05) is 42.5 Å². The third-order valence-corrected chi connectivity index (χ3v) is 5.32. The number of aromatic nitrogens is 3. The van der Waals surface area contributed by atoms with Crippen molar-refractivity contribution in [3.8, 4) is 0 Å². The van der Waals surface area contributed by atoms with E-state index in [-0.39, 0.29) is 17.9 Å². The average Bonchev–Trinajstić information content (AvgIpc) is 3.13. The lowest BCUT2D eigenvalue weighted by molar-refractivity contribution is -0.135. The first-order chi connectivity index (χ1) is 12.6. The van der Waals surface area contributed by atoms with Crippen molar-refractivity contribution in [1.82, 2.24) is 19.7 Å². The van der Waals surface area contributed by atoms with E-state index < -0.39 is 0 Å². The van der Waals surface area contributed by atoms with E-state index in [0.717, 1.165) is 30.5 Å². The molecule has 3 heterocycles. The number of nitrogens with zero attached hydrogens (tertiary/aromatic N) is 4. The Kier molecular flexibility index (Phi) is 4.64. The minimum absolute atomic E-state index is 0.0789. The zero-order valence-electron chi connectivity index (χ0n) is 14.7. The van der Waals surface area contributed by atoms with Crippen LogP contribution in [0.1, 0.15) is 37.4 Å². The van der Waals surface area contributed by atoms with Gasteiger partial charge in [0.25, 0.3) is 0 Å². The van der Waals surface area contributed by atoms with Crippen LogP contribution in [0.4, 0.5) is 0 Å². The lowest BCUT2D eigenvalue weighted by Crippen LogP contribution is -2.42. The van der Waals surface area contributed by atoms with E-state index in [9.17, 15) is 4.79 Å². The van der Waals surface area contributed by atoms with Gasteiger partial charge < -0.3 is 4.90 Å². The summed E-state index contributed by atoms with van der Waals surface area (Å²) in [5.74, 6) is 0.348. The van der Waals surface area contributed by atoms with Crippen LogP contribution in [0.2, 0.25) is 5.02 Å². The molecule has 1 fully saturated rings. The summed E-state index contributed by atoms with van der Waals surface area (Å²) in [7, 11) is 0. The Morgan fingerprint density at radius 2 is 2.08 bits per heavy atom. The molecule has 1 aliphatic heterocycles. The van der Waals surface area contributed by atoms with Gasteiger partial charge in [-0.2, -0.15) is 5.10 Å². The highest BCUT2D eigenvalue weighted by molar-refractivity contribution is 6.30. The van der Waals surface area contributed by atoms with Crippen molar-refractivity contribution in [2.24, 2.45) is 0 Å². The number of amides is 1. The molecule has 0 radical (unpaired) electrons. The molecule has 0 unspecified atom stereocenters. The predicted molar refractivity (Wildman–Crippen MR) is 102 cm³/mol. The number of rotatable bonds is 3. The summed E-state index contributed by atoms with van der Waals surface area (Å²) in [5.41, 5.74) is 1.07.